The van der Waals surface area contributed by atoms with Gasteiger partial charge in [0.2, 0.25) is 5.78 Å². The van der Waals surface area contributed by atoms with Crippen LogP contribution in [0.1, 0.15) is 12.1 Å². The van der Waals surface area contributed by atoms with Crippen molar-refractivity contribution in [2.75, 3.05) is 18.6 Å². The Balaban J connectivity index is 1.89. The number of hydrogen-bond acceptors (Lipinski definition) is 4. The van der Waals surface area contributed by atoms with Crippen molar-refractivity contribution in [2.24, 2.45) is 0 Å². The number of imidazole rings is 1. The van der Waals surface area contributed by atoms with Crippen LogP contribution in [0.5, 0.6) is 0 Å². The molecule has 0 amide bonds. The van der Waals surface area contributed by atoms with E-state index in [0.717, 1.165) is 24.6 Å². The van der Waals surface area contributed by atoms with Crippen molar-refractivity contribution in [3.8, 4) is 0 Å². The largest absolute Gasteiger partial charge is 0.311 e. The molecule has 0 saturated carbocycles. The summed E-state index contributed by atoms with van der Waals surface area (Å²) in [6, 6.07) is 1.92. The quantitative estimate of drug-likeness (QED) is 0.773. The highest BCUT2D eigenvalue weighted by atomic mass is 32.2. The first kappa shape index (κ1) is 11.4. The summed E-state index contributed by atoms with van der Waals surface area (Å²) in [6.45, 7) is 1.90. The fourth-order valence-electron chi connectivity index (χ4n) is 1.57. The lowest BCUT2D eigenvalue weighted by Crippen LogP contribution is -2.16. The van der Waals surface area contributed by atoms with Gasteiger partial charge in [0.25, 0.3) is 0 Å². The average molecular weight is 236 g/mol. The van der Waals surface area contributed by atoms with Gasteiger partial charge in [-0.05, 0) is 31.0 Å². The molecule has 0 aliphatic heterocycles. The number of nitrogens with one attached hydrogen (secondary N) is 1. The molecule has 0 spiro atoms. The second-order valence-electron chi connectivity index (χ2n) is 3.56. The van der Waals surface area contributed by atoms with Crippen LogP contribution in [-0.4, -0.2) is 32.9 Å². The van der Waals surface area contributed by atoms with Crippen molar-refractivity contribution in [3.63, 3.8) is 0 Å². The summed E-state index contributed by atoms with van der Waals surface area (Å²) in [4.78, 5) is 8.42. The molecular formula is C11H16N4S. The van der Waals surface area contributed by atoms with Gasteiger partial charge in [0, 0.05) is 18.9 Å². The van der Waals surface area contributed by atoms with Gasteiger partial charge < -0.3 is 5.32 Å². The topological polar surface area (TPSA) is 42.2 Å². The van der Waals surface area contributed by atoms with Crippen molar-refractivity contribution >= 4 is 17.5 Å². The van der Waals surface area contributed by atoms with Gasteiger partial charge >= 0.3 is 0 Å². The van der Waals surface area contributed by atoms with Crippen LogP contribution >= 0.6 is 11.8 Å². The zero-order valence-electron chi connectivity index (χ0n) is 9.39. The average Bonchev–Trinajstić information content (AvgIpc) is 2.73. The minimum Gasteiger partial charge on any atom is -0.311 e. The molecule has 0 aliphatic rings. The lowest BCUT2D eigenvalue weighted by Gasteiger charge is -2.03. The second-order valence-corrected chi connectivity index (χ2v) is 4.55. The van der Waals surface area contributed by atoms with E-state index in [9.17, 15) is 0 Å². The summed E-state index contributed by atoms with van der Waals surface area (Å²) in [7, 11) is 0. The Morgan fingerprint density at radius 1 is 1.44 bits per heavy atom. The molecule has 1 N–H and O–H groups in total. The third-order valence-electron chi connectivity index (χ3n) is 2.37. The minimum absolute atomic E-state index is 0.767. The second kappa shape index (κ2) is 5.86. The number of fused-ring (bicyclic) bond motifs is 1. The van der Waals surface area contributed by atoms with Crippen LogP contribution in [0.2, 0.25) is 0 Å². The summed E-state index contributed by atoms with van der Waals surface area (Å²) in [5.74, 6) is 1.98. The SMILES string of the molecule is CSCCCNCc1cnc2ncccn12. The molecule has 0 fully saturated rings. The molecule has 2 aromatic heterocycles. The highest BCUT2D eigenvalue weighted by Crippen LogP contribution is 2.03. The van der Waals surface area contributed by atoms with Crippen molar-refractivity contribution in [2.45, 2.75) is 13.0 Å². The first-order valence-electron chi connectivity index (χ1n) is 5.38. The molecule has 16 heavy (non-hydrogen) atoms. The molecule has 2 heterocycles. The van der Waals surface area contributed by atoms with E-state index in [1.807, 2.05) is 34.6 Å². The van der Waals surface area contributed by atoms with Crippen LogP contribution < -0.4 is 5.32 Å². The summed E-state index contributed by atoms with van der Waals surface area (Å²) >= 11 is 1.88. The van der Waals surface area contributed by atoms with E-state index in [-0.39, 0.29) is 0 Å². The van der Waals surface area contributed by atoms with Gasteiger partial charge in [-0.3, -0.25) is 4.40 Å². The third-order valence-corrected chi connectivity index (χ3v) is 3.07. The Kier molecular flexibility index (Phi) is 4.18. The molecule has 0 bridgehead atoms. The van der Waals surface area contributed by atoms with E-state index < -0.39 is 0 Å². The molecule has 0 radical (unpaired) electrons. The molecule has 4 nitrogen and oxygen atoms in total. The number of nitrogens with zero attached hydrogens (tertiary/aromatic N) is 3. The zero-order valence-corrected chi connectivity index (χ0v) is 10.2. The van der Waals surface area contributed by atoms with Crippen molar-refractivity contribution in [1.82, 2.24) is 19.7 Å². The predicted octanol–water partition coefficient (Wildman–Crippen LogP) is 1.57. The van der Waals surface area contributed by atoms with Crippen LogP contribution in [0.4, 0.5) is 0 Å². The van der Waals surface area contributed by atoms with Crippen molar-refractivity contribution in [1.29, 1.82) is 0 Å². The van der Waals surface area contributed by atoms with Gasteiger partial charge in [-0.2, -0.15) is 11.8 Å². The molecule has 0 atom stereocenters. The maximum Gasteiger partial charge on any atom is 0.233 e. The van der Waals surface area contributed by atoms with E-state index in [1.54, 1.807) is 6.20 Å². The molecular weight excluding hydrogens is 220 g/mol. The van der Waals surface area contributed by atoms with Crippen LogP contribution in [0, 0.1) is 0 Å². The maximum atomic E-state index is 4.24. The number of thioether (sulfide) groups is 1. The molecule has 2 aromatic rings. The Bertz CT molecular complexity index is 440. The van der Waals surface area contributed by atoms with Crippen molar-refractivity contribution in [3.05, 3.63) is 30.4 Å². The van der Waals surface area contributed by atoms with E-state index in [1.165, 1.54) is 12.2 Å². The fourth-order valence-corrected chi connectivity index (χ4v) is 2.00. The Hall–Kier alpha value is -1.07. The molecule has 0 aliphatic carbocycles. The van der Waals surface area contributed by atoms with E-state index in [2.05, 4.69) is 21.5 Å². The molecule has 0 aromatic carbocycles. The smallest absolute Gasteiger partial charge is 0.233 e. The van der Waals surface area contributed by atoms with Crippen molar-refractivity contribution < 1.29 is 0 Å². The zero-order chi connectivity index (χ0) is 11.2. The van der Waals surface area contributed by atoms with Crippen LogP contribution in [0.3, 0.4) is 0 Å². The van der Waals surface area contributed by atoms with Gasteiger partial charge in [0.05, 0.1) is 11.9 Å². The first-order chi connectivity index (χ1) is 7.92. The number of aromatic nitrogens is 3. The van der Waals surface area contributed by atoms with Crippen LogP contribution in [0.25, 0.3) is 5.78 Å². The molecule has 2 rings (SSSR count). The molecule has 5 heteroatoms. The van der Waals surface area contributed by atoms with Gasteiger partial charge in [-0.1, -0.05) is 0 Å². The third kappa shape index (κ3) is 2.74. The van der Waals surface area contributed by atoms with Crippen LogP contribution in [0.15, 0.2) is 24.7 Å². The summed E-state index contributed by atoms with van der Waals surface area (Å²) < 4.78 is 2.02. The Morgan fingerprint density at radius 3 is 3.25 bits per heavy atom. The van der Waals surface area contributed by atoms with Crippen LogP contribution in [-0.2, 0) is 6.54 Å². The highest BCUT2D eigenvalue weighted by Gasteiger charge is 2.01. The minimum atomic E-state index is 0.767. The number of hydrogen-bond donors (Lipinski definition) is 1. The standard InChI is InChI=1S/C11H16N4S/c1-16-7-3-4-12-8-10-9-14-11-13-5-2-6-15(10)11/h2,5-6,9,12H,3-4,7-8H2,1H3. The molecule has 0 unspecified atom stereocenters. The summed E-state index contributed by atoms with van der Waals surface area (Å²) in [6.07, 6.45) is 8.97. The normalized spacial score (nSPS) is 11.1. The highest BCUT2D eigenvalue weighted by molar-refractivity contribution is 7.98. The molecule has 0 saturated heterocycles. The number of rotatable bonds is 6. The maximum absolute atomic E-state index is 4.24. The lowest BCUT2D eigenvalue weighted by atomic mass is 10.4. The summed E-state index contributed by atoms with van der Waals surface area (Å²) in [5.41, 5.74) is 1.16. The Morgan fingerprint density at radius 2 is 2.38 bits per heavy atom. The Labute approximate surface area is 99.5 Å². The van der Waals surface area contributed by atoms with Gasteiger partial charge in [-0.25, -0.2) is 9.97 Å². The summed E-state index contributed by atoms with van der Waals surface area (Å²) in [5, 5.41) is 3.41. The first-order valence-corrected chi connectivity index (χ1v) is 6.78. The monoisotopic (exact) mass is 236 g/mol. The van der Waals surface area contributed by atoms with E-state index in [4.69, 9.17) is 0 Å². The molecule has 86 valence electrons. The van der Waals surface area contributed by atoms with Gasteiger partial charge in [0.1, 0.15) is 0 Å². The fraction of sp³-hybridized carbons (Fsp3) is 0.455. The predicted molar refractivity (Wildman–Crippen MR) is 67.7 cm³/mol. The lowest BCUT2D eigenvalue weighted by molar-refractivity contribution is 0.663. The van der Waals surface area contributed by atoms with E-state index >= 15 is 0 Å². The van der Waals surface area contributed by atoms with Gasteiger partial charge in [0.15, 0.2) is 0 Å². The van der Waals surface area contributed by atoms with Gasteiger partial charge in [-0.15, -0.1) is 0 Å². The van der Waals surface area contributed by atoms with E-state index in [0.29, 0.717) is 0 Å².